The molecule has 0 aliphatic heterocycles. The summed E-state index contributed by atoms with van der Waals surface area (Å²) in [6.45, 7) is 4.49. The van der Waals surface area contributed by atoms with E-state index in [1.807, 2.05) is 36.4 Å². The van der Waals surface area contributed by atoms with Crippen molar-refractivity contribution < 1.29 is 19.1 Å². The van der Waals surface area contributed by atoms with Crippen molar-refractivity contribution in [2.45, 2.75) is 129 Å². The zero-order chi connectivity index (χ0) is 32.1. The number of aryl methyl sites for hydroxylation is 2. The lowest BCUT2D eigenvalue weighted by Crippen LogP contribution is -2.11. The van der Waals surface area contributed by atoms with Crippen molar-refractivity contribution in [2.24, 2.45) is 0 Å². The average molecular weight is 633 g/mol. The third kappa shape index (κ3) is 14.2. The molecule has 0 spiro atoms. The number of hydrogen-bond donors (Lipinski definition) is 0. The summed E-state index contributed by atoms with van der Waals surface area (Å²) >= 11 is 6.39. The fourth-order valence-electron chi connectivity index (χ4n) is 5.51. The molecule has 244 valence electrons. The van der Waals surface area contributed by atoms with Gasteiger partial charge in [-0.1, -0.05) is 140 Å². The molecule has 0 aliphatic carbocycles. The lowest BCUT2D eigenvalue weighted by atomic mass is 10.0. The van der Waals surface area contributed by atoms with Gasteiger partial charge in [-0.2, -0.15) is 0 Å². The molecule has 0 atom stereocenters. The highest BCUT2D eigenvalue weighted by Gasteiger charge is 2.16. The summed E-state index contributed by atoms with van der Waals surface area (Å²) in [5.74, 6) is -0.280. The topological polar surface area (TPSA) is 52.6 Å². The summed E-state index contributed by atoms with van der Waals surface area (Å²) in [4.78, 5) is 25.5. The van der Waals surface area contributed by atoms with Gasteiger partial charge in [0.15, 0.2) is 0 Å². The minimum Gasteiger partial charge on any atom is -0.423 e. The minimum absolute atomic E-state index is 0.164. The fourth-order valence-corrected chi connectivity index (χ4v) is 5.76. The van der Waals surface area contributed by atoms with E-state index in [9.17, 15) is 9.59 Å². The zero-order valence-corrected chi connectivity index (χ0v) is 28.3. The summed E-state index contributed by atoms with van der Waals surface area (Å²) in [6, 6.07) is 19.8. The lowest BCUT2D eigenvalue weighted by molar-refractivity contribution is 0.0730. The van der Waals surface area contributed by atoms with E-state index >= 15 is 0 Å². The van der Waals surface area contributed by atoms with Crippen molar-refractivity contribution in [3.8, 4) is 11.5 Å². The molecule has 3 aromatic rings. The molecule has 0 saturated carbocycles. The number of carbonyl (C=O) groups excluding carboxylic acids is 2. The Bertz CT molecular complexity index is 1270. The highest BCUT2D eigenvalue weighted by Crippen LogP contribution is 2.25. The highest BCUT2D eigenvalue weighted by atomic mass is 35.5. The molecule has 4 nitrogen and oxygen atoms in total. The molecule has 3 aromatic carbocycles. The summed E-state index contributed by atoms with van der Waals surface area (Å²) in [5.41, 5.74) is 3.15. The molecule has 0 N–H and O–H groups in total. The Kier molecular flexibility index (Phi) is 17.4. The SMILES string of the molecule is CCCCCCCCCCCCc1ccc(C(=O)Oc2ccc(C(=O)Oc3ccc(CCCCCCCC)cc3)c(Cl)c2)cc1. The number of esters is 2. The van der Waals surface area contributed by atoms with Crippen LogP contribution in [0.15, 0.2) is 66.7 Å². The summed E-state index contributed by atoms with van der Waals surface area (Å²) in [5, 5.41) is 0.164. The maximum atomic E-state index is 12.8. The van der Waals surface area contributed by atoms with Crippen LogP contribution in [-0.2, 0) is 12.8 Å². The van der Waals surface area contributed by atoms with Crippen LogP contribution in [0.3, 0.4) is 0 Å². The molecular formula is C40H53ClO4. The number of carbonyl (C=O) groups is 2. The first-order chi connectivity index (χ1) is 22.0. The molecule has 0 aliphatic rings. The Labute approximate surface area is 276 Å². The molecule has 0 heterocycles. The molecule has 0 saturated heterocycles. The van der Waals surface area contributed by atoms with Crippen LogP contribution in [0, 0.1) is 0 Å². The fraction of sp³-hybridized carbons (Fsp3) is 0.500. The van der Waals surface area contributed by atoms with E-state index in [2.05, 4.69) is 13.8 Å². The molecule has 0 unspecified atom stereocenters. The Balaban J connectivity index is 1.38. The maximum Gasteiger partial charge on any atom is 0.345 e. The van der Waals surface area contributed by atoms with Gasteiger partial charge in [0, 0.05) is 6.07 Å². The van der Waals surface area contributed by atoms with Crippen molar-refractivity contribution in [1.29, 1.82) is 0 Å². The van der Waals surface area contributed by atoms with Gasteiger partial charge >= 0.3 is 11.9 Å². The van der Waals surface area contributed by atoms with E-state index in [0.29, 0.717) is 11.3 Å². The van der Waals surface area contributed by atoms with Gasteiger partial charge in [-0.15, -0.1) is 0 Å². The smallest absolute Gasteiger partial charge is 0.345 e. The monoisotopic (exact) mass is 632 g/mol. The first kappa shape index (κ1) is 36.4. The van der Waals surface area contributed by atoms with E-state index in [0.717, 1.165) is 19.3 Å². The number of halogens is 1. The summed E-state index contributed by atoms with van der Waals surface area (Å²) in [6.07, 6.45) is 22.8. The Morgan fingerprint density at radius 1 is 0.511 bits per heavy atom. The van der Waals surface area contributed by atoms with Gasteiger partial charge in [-0.3, -0.25) is 0 Å². The second kappa shape index (κ2) is 21.6. The second-order valence-electron chi connectivity index (χ2n) is 12.2. The maximum absolute atomic E-state index is 12.8. The lowest BCUT2D eigenvalue weighted by Gasteiger charge is -2.09. The van der Waals surface area contributed by atoms with Gasteiger partial charge in [0.05, 0.1) is 16.1 Å². The van der Waals surface area contributed by atoms with Crippen LogP contribution in [0.2, 0.25) is 5.02 Å². The normalized spacial score (nSPS) is 11.0. The van der Waals surface area contributed by atoms with Crippen LogP contribution in [0.4, 0.5) is 0 Å². The quantitative estimate of drug-likeness (QED) is 0.0628. The van der Waals surface area contributed by atoms with Gasteiger partial charge < -0.3 is 9.47 Å². The Morgan fingerprint density at radius 3 is 1.42 bits per heavy atom. The average Bonchev–Trinajstić information content (AvgIpc) is 3.04. The minimum atomic E-state index is -0.556. The van der Waals surface area contributed by atoms with Gasteiger partial charge in [0.25, 0.3) is 0 Å². The highest BCUT2D eigenvalue weighted by molar-refractivity contribution is 6.33. The van der Waals surface area contributed by atoms with E-state index in [4.69, 9.17) is 21.1 Å². The molecule has 0 aromatic heterocycles. The van der Waals surface area contributed by atoms with Crippen LogP contribution < -0.4 is 9.47 Å². The van der Waals surface area contributed by atoms with Gasteiger partial charge in [0.2, 0.25) is 0 Å². The summed E-state index contributed by atoms with van der Waals surface area (Å²) in [7, 11) is 0. The van der Waals surface area contributed by atoms with E-state index in [1.54, 1.807) is 18.2 Å². The number of hydrogen-bond acceptors (Lipinski definition) is 4. The van der Waals surface area contributed by atoms with Gasteiger partial charge in [-0.25, -0.2) is 9.59 Å². The molecule has 0 bridgehead atoms. The number of unbranched alkanes of at least 4 members (excludes halogenated alkanes) is 14. The van der Waals surface area contributed by atoms with Crippen LogP contribution in [0.25, 0.3) is 0 Å². The predicted octanol–water partition coefficient (Wildman–Crippen LogP) is 12.1. The van der Waals surface area contributed by atoms with Crippen molar-refractivity contribution in [3.05, 3.63) is 94.0 Å². The van der Waals surface area contributed by atoms with Crippen molar-refractivity contribution in [1.82, 2.24) is 0 Å². The van der Waals surface area contributed by atoms with Crippen LogP contribution in [0.5, 0.6) is 11.5 Å². The second-order valence-corrected chi connectivity index (χ2v) is 12.6. The van der Waals surface area contributed by atoms with Gasteiger partial charge in [-0.05, 0) is 73.2 Å². The zero-order valence-electron chi connectivity index (χ0n) is 27.6. The van der Waals surface area contributed by atoms with Crippen molar-refractivity contribution in [3.63, 3.8) is 0 Å². The predicted molar refractivity (Wildman–Crippen MR) is 187 cm³/mol. The standard InChI is InChI=1S/C40H53ClO4/c1-3-5-7-9-11-12-13-14-16-18-19-32-21-25-34(26-22-32)39(42)45-36-29-30-37(38(41)31-36)40(43)44-35-27-23-33(24-28-35)20-17-15-10-8-6-4-2/h21-31H,3-20H2,1-2H3. The third-order valence-electron chi connectivity index (χ3n) is 8.33. The summed E-state index contributed by atoms with van der Waals surface area (Å²) < 4.78 is 11.1. The Morgan fingerprint density at radius 2 is 0.933 bits per heavy atom. The van der Waals surface area contributed by atoms with Crippen LogP contribution >= 0.6 is 11.6 Å². The van der Waals surface area contributed by atoms with Crippen molar-refractivity contribution >= 4 is 23.5 Å². The molecule has 0 fully saturated rings. The van der Waals surface area contributed by atoms with E-state index in [-0.39, 0.29) is 16.3 Å². The Hall–Kier alpha value is -3.11. The van der Waals surface area contributed by atoms with Gasteiger partial charge in [0.1, 0.15) is 11.5 Å². The van der Waals surface area contributed by atoms with Crippen LogP contribution in [0.1, 0.15) is 148 Å². The van der Waals surface area contributed by atoms with E-state index < -0.39 is 11.9 Å². The molecule has 45 heavy (non-hydrogen) atoms. The molecule has 5 heteroatoms. The first-order valence-electron chi connectivity index (χ1n) is 17.4. The molecular weight excluding hydrogens is 580 g/mol. The largest absolute Gasteiger partial charge is 0.423 e. The number of ether oxygens (including phenoxy) is 2. The molecule has 3 rings (SSSR count). The van der Waals surface area contributed by atoms with E-state index in [1.165, 1.54) is 120 Å². The van der Waals surface area contributed by atoms with Crippen molar-refractivity contribution in [2.75, 3.05) is 0 Å². The molecule has 0 amide bonds. The number of benzene rings is 3. The number of rotatable bonds is 22. The first-order valence-corrected chi connectivity index (χ1v) is 17.8. The molecule has 0 radical (unpaired) electrons. The van der Waals surface area contributed by atoms with Crippen LogP contribution in [-0.4, -0.2) is 11.9 Å². The third-order valence-corrected chi connectivity index (χ3v) is 8.65.